The minimum Gasteiger partial charge on any atom is -0.369 e. The summed E-state index contributed by atoms with van der Waals surface area (Å²) in [6.45, 7) is 8.03. The van der Waals surface area contributed by atoms with Gasteiger partial charge < -0.3 is 16.0 Å². The Balaban J connectivity index is 1.97. The quantitative estimate of drug-likeness (QED) is 0.750. The number of benzene rings is 1. The van der Waals surface area contributed by atoms with Crippen LogP contribution in [0.25, 0.3) is 0 Å². The molecule has 0 radical (unpaired) electrons. The van der Waals surface area contributed by atoms with E-state index >= 15 is 0 Å². The van der Waals surface area contributed by atoms with E-state index in [-0.39, 0.29) is 17.7 Å². The Kier molecular flexibility index (Phi) is 5.19. The van der Waals surface area contributed by atoms with Crippen LogP contribution in [0.2, 0.25) is 0 Å². The summed E-state index contributed by atoms with van der Waals surface area (Å²) in [5.41, 5.74) is 9.64. The lowest BCUT2D eigenvalue weighted by Gasteiger charge is -2.27. The van der Waals surface area contributed by atoms with E-state index in [2.05, 4.69) is 17.4 Å². The first-order valence-electron chi connectivity index (χ1n) is 7.87. The van der Waals surface area contributed by atoms with E-state index in [1.54, 1.807) is 0 Å². The molecule has 5 heteroatoms. The van der Waals surface area contributed by atoms with Crippen LogP contribution in [0.4, 0.5) is 5.69 Å². The summed E-state index contributed by atoms with van der Waals surface area (Å²) in [5.74, 6) is -0.350. The first-order chi connectivity index (χ1) is 10.4. The van der Waals surface area contributed by atoms with Gasteiger partial charge in [-0.3, -0.25) is 9.59 Å². The second-order valence-electron chi connectivity index (χ2n) is 6.44. The third-order valence-corrected chi connectivity index (χ3v) is 4.37. The number of carbonyl (C=O) groups excluding carboxylic acids is 2. The summed E-state index contributed by atoms with van der Waals surface area (Å²) in [4.78, 5) is 24.7. The van der Waals surface area contributed by atoms with Crippen molar-refractivity contribution in [3.8, 4) is 0 Å². The molecule has 4 N–H and O–H groups in total. The number of hydrogen-bond donors (Lipinski definition) is 3. The predicted molar refractivity (Wildman–Crippen MR) is 86.8 cm³/mol. The van der Waals surface area contributed by atoms with Crippen LogP contribution in [0, 0.1) is 26.7 Å². The van der Waals surface area contributed by atoms with Gasteiger partial charge in [-0.15, -0.1) is 0 Å². The number of anilines is 1. The molecule has 2 atom stereocenters. The third-order valence-electron chi connectivity index (χ3n) is 4.37. The standard InChI is InChI=1S/C17H25N3O2/c1-11-7-12(2)16(13(3)8-11)19-15(21)10-20-6-4-5-14(9-20)17(18)22/h7-8,14H,4-6,9-10H2,1-3H3,(H2,18,22)(H,19,21)/p+1/t14-/m1/s1. The number of carbonyl (C=O) groups is 2. The van der Waals surface area contributed by atoms with Gasteiger partial charge in [-0.1, -0.05) is 17.7 Å². The van der Waals surface area contributed by atoms with Crippen molar-refractivity contribution < 1.29 is 14.5 Å². The Morgan fingerprint density at radius 3 is 2.50 bits per heavy atom. The van der Waals surface area contributed by atoms with Gasteiger partial charge in [0, 0.05) is 5.69 Å². The highest BCUT2D eigenvalue weighted by atomic mass is 16.2. The fourth-order valence-electron chi connectivity index (χ4n) is 3.34. The number of aryl methyl sites for hydroxylation is 3. The van der Waals surface area contributed by atoms with Crippen molar-refractivity contribution in [2.75, 3.05) is 25.0 Å². The third kappa shape index (κ3) is 4.07. The van der Waals surface area contributed by atoms with E-state index in [1.165, 1.54) is 5.56 Å². The molecule has 22 heavy (non-hydrogen) atoms. The highest BCUT2D eigenvalue weighted by molar-refractivity contribution is 5.93. The fraction of sp³-hybridized carbons (Fsp3) is 0.529. The summed E-state index contributed by atoms with van der Waals surface area (Å²) in [6, 6.07) is 4.14. The maximum absolute atomic E-state index is 12.3. The average molecular weight is 304 g/mol. The van der Waals surface area contributed by atoms with Crippen LogP contribution in [0.5, 0.6) is 0 Å². The normalized spacial score (nSPS) is 21.4. The molecule has 0 bridgehead atoms. The molecule has 120 valence electrons. The lowest BCUT2D eigenvalue weighted by atomic mass is 9.97. The summed E-state index contributed by atoms with van der Waals surface area (Å²) < 4.78 is 0. The Morgan fingerprint density at radius 2 is 1.91 bits per heavy atom. The SMILES string of the molecule is Cc1cc(C)c(NC(=O)C[NH+]2CCC[C@@H](C(N)=O)C2)c(C)c1. The highest BCUT2D eigenvalue weighted by Crippen LogP contribution is 2.21. The van der Waals surface area contributed by atoms with Gasteiger partial charge in [0.1, 0.15) is 0 Å². The number of rotatable bonds is 4. The van der Waals surface area contributed by atoms with Crippen LogP contribution in [-0.4, -0.2) is 31.4 Å². The topological polar surface area (TPSA) is 76.6 Å². The van der Waals surface area contributed by atoms with Gasteiger partial charge in [0.25, 0.3) is 5.91 Å². The van der Waals surface area contributed by atoms with Gasteiger partial charge in [-0.05, 0) is 44.7 Å². The van der Waals surface area contributed by atoms with Crippen LogP contribution < -0.4 is 16.0 Å². The van der Waals surface area contributed by atoms with Crippen LogP contribution in [0.15, 0.2) is 12.1 Å². The Hall–Kier alpha value is -1.88. The van der Waals surface area contributed by atoms with Gasteiger partial charge >= 0.3 is 0 Å². The molecule has 2 rings (SSSR count). The molecule has 5 nitrogen and oxygen atoms in total. The van der Waals surface area contributed by atoms with E-state index < -0.39 is 0 Å². The van der Waals surface area contributed by atoms with Gasteiger partial charge in [-0.2, -0.15) is 0 Å². The maximum Gasteiger partial charge on any atom is 0.279 e. The van der Waals surface area contributed by atoms with E-state index in [1.807, 2.05) is 20.8 Å². The van der Waals surface area contributed by atoms with Crippen molar-refractivity contribution in [1.82, 2.24) is 0 Å². The summed E-state index contributed by atoms with van der Waals surface area (Å²) in [6.07, 6.45) is 1.79. The van der Waals surface area contributed by atoms with Crippen molar-refractivity contribution in [2.24, 2.45) is 11.7 Å². The molecule has 1 fully saturated rings. The largest absolute Gasteiger partial charge is 0.369 e. The van der Waals surface area contributed by atoms with Crippen LogP contribution in [0.3, 0.4) is 0 Å². The van der Waals surface area contributed by atoms with E-state index in [4.69, 9.17) is 5.73 Å². The zero-order valence-electron chi connectivity index (χ0n) is 13.7. The monoisotopic (exact) mass is 304 g/mol. The number of hydrogen-bond acceptors (Lipinski definition) is 2. The predicted octanol–water partition coefficient (Wildman–Crippen LogP) is 0.331. The second kappa shape index (κ2) is 6.92. The number of amides is 2. The molecule has 1 unspecified atom stereocenters. The molecule has 1 aromatic rings. The number of primary amides is 1. The molecule has 0 saturated carbocycles. The molecular formula is C17H26N3O2+. The number of nitrogens with one attached hydrogen (secondary N) is 2. The maximum atomic E-state index is 12.3. The molecule has 0 aliphatic carbocycles. The minimum atomic E-state index is -0.247. The molecule has 1 aliphatic rings. The number of likely N-dealkylation sites (tertiary alicyclic amines) is 1. The lowest BCUT2D eigenvalue weighted by Crippen LogP contribution is -3.14. The van der Waals surface area contributed by atoms with Crippen LogP contribution in [0.1, 0.15) is 29.5 Å². The van der Waals surface area contributed by atoms with Gasteiger partial charge in [0.2, 0.25) is 5.91 Å². The van der Waals surface area contributed by atoms with Crippen molar-refractivity contribution in [2.45, 2.75) is 33.6 Å². The molecule has 0 spiro atoms. The Bertz CT molecular complexity index is 560. The van der Waals surface area contributed by atoms with E-state index in [9.17, 15) is 9.59 Å². The summed E-state index contributed by atoms with van der Waals surface area (Å²) in [7, 11) is 0. The second-order valence-corrected chi connectivity index (χ2v) is 6.44. The van der Waals surface area contributed by atoms with Crippen molar-refractivity contribution in [1.29, 1.82) is 0 Å². The molecule has 0 aromatic heterocycles. The average Bonchev–Trinajstić information content (AvgIpc) is 2.43. The first kappa shape index (κ1) is 16.5. The van der Waals surface area contributed by atoms with Crippen LogP contribution in [-0.2, 0) is 9.59 Å². The fourth-order valence-corrected chi connectivity index (χ4v) is 3.34. The molecule has 1 saturated heterocycles. The molecule has 2 amide bonds. The Labute approximate surface area is 131 Å². The highest BCUT2D eigenvalue weighted by Gasteiger charge is 2.28. The molecule has 1 heterocycles. The van der Waals surface area contributed by atoms with Crippen molar-refractivity contribution >= 4 is 17.5 Å². The van der Waals surface area contributed by atoms with Gasteiger partial charge in [0.05, 0.1) is 19.0 Å². The van der Waals surface area contributed by atoms with Gasteiger partial charge in [0.15, 0.2) is 6.54 Å². The van der Waals surface area contributed by atoms with E-state index in [0.717, 1.165) is 41.1 Å². The summed E-state index contributed by atoms with van der Waals surface area (Å²) in [5, 5.41) is 3.02. The number of nitrogens with two attached hydrogens (primary N) is 1. The molecule has 1 aliphatic heterocycles. The smallest absolute Gasteiger partial charge is 0.279 e. The molecule has 1 aromatic carbocycles. The molecular weight excluding hydrogens is 278 g/mol. The Morgan fingerprint density at radius 1 is 1.27 bits per heavy atom. The van der Waals surface area contributed by atoms with Gasteiger partial charge in [-0.25, -0.2) is 0 Å². The van der Waals surface area contributed by atoms with Crippen LogP contribution >= 0.6 is 0 Å². The first-order valence-corrected chi connectivity index (χ1v) is 7.87. The number of piperidine rings is 1. The zero-order chi connectivity index (χ0) is 16.3. The lowest BCUT2D eigenvalue weighted by molar-refractivity contribution is -0.899. The van der Waals surface area contributed by atoms with E-state index in [0.29, 0.717) is 13.1 Å². The minimum absolute atomic E-state index is 0.00447. The van der Waals surface area contributed by atoms with Crippen molar-refractivity contribution in [3.63, 3.8) is 0 Å². The zero-order valence-corrected chi connectivity index (χ0v) is 13.7. The van der Waals surface area contributed by atoms with Crippen molar-refractivity contribution in [3.05, 3.63) is 28.8 Å². The number of quaternary nitrogens is 1. The summed E-state index contributed by atoms with van der Waals surface area (Å²) >= 11 is 0.